The van der Waals surface area contributed by atoms with Crippen LogP contribution in [-0.4, -0.2) is 52.7 Å². The van der Waals surface area contributed by atoms with E-state index in [0.717, 1.165) is 11.8 Å². The highest BCUT2D eigenvalue weighted by Crippen LogP contribution is 2.29. The second kappa shape index (κ2) is 11.0. The summed E-state index contributed by atoms with van der Waals surface area (Å²) in [6, 6.07) is 4.25. The molecule has 0 aliphatic carbocycles. The standard InChI is InChI=1S/C22H25F2N7O2/c1-4-5-14-9-20(31-30-14)29-18(25-3)11-19(26-6-7-32)27-12-33-17-10-16(23)22-15(21(17)24)8-13(2)28-22/h4-5,8-11,28,32H,3,6-7,12H2,1-2H3,(H,26,27)(H2,29,30,31)/b5-4+,18-11+. The molecule has 0 atom stereocenters. The lowest BCUT2D eigenvalue weighted by Crippen LogP contribution is -2.26. The van der Waals surface area contributed by atoms with Crippen LogP contribution in [0.3, 0.4) is 0 Å². The summed E-state index contributed by atoms with van der Waals surface area (Å²) in [5, 5.41) is 22.1. The van der Waals surface area contributed by atoms with E-state index in [0.29, 0.717) is 17.3 Å². The fourth-order valence-electron chi connectivity index (χ4n) is 2.99. The number of anilines is 1. The Balaban J connectivity index is 1.77. The Morgan fingerprint density at radius 1 is 1.33 bits per heavy atom. The predicted octanol–water partition coefficient (Wildman–Crippen LogP) is 3.48. The number of aliphatic imine (C=N–C) groups is 2. The first kappa shape index (κ1) is 23.7. The van der Waals surface area contributed by atoms with Crippen molar-refractivity contribution in [2.45, 2.75) is 13.8 Å². The first-order valence-electron chi connectivity index (χ1n) is 10.1. The zero-order valence-corrected chi connectivity index (χ0v) is 18.2. The Kier molecular flexibility index (Phi) is 7.92. The van der Waals surface area contributed by atoms with E-state index >= 15 is 0 Å². The summed E-state index contributed by atoms with van der Waals surface area (Å²) in [6.07, 6.45) is 5.24. The quantitative estimate of drug-likeness (QED) is 0.236. The molecule has 5 N–H and O–H groups in total. The zero-order valence-electron chi connectivity index (χ0n) is 18.2. The minimum atomic E-state index is -0.683. The van der Waals surface area contributed by atoms with Crippen LogP contribution in [0.2, 0.25) is 0 Å². The number of halogens is 2. The summed E-state index contributed by atoms with van der Waals surface area (Å²) >= 11 is 0. The molecule has 0 saturated carbocycles. The SMILES string of the molecule is C=N/C(=C\C(=N/COc1cc(F)c2[nH]c(C)cc2c1F)NCCO)Nc1cc(/C=C/C)[nH]n1. The molecule has 2 heterocycles. The molecule has 0 fully saturated rings. The molecule has 0 amide bonds. The summed E-state index contributed by atoms with van der Waals surface area (Å²) in [5.41, 5.74) is 1.51. The van der Waals surface area contributed by atoms with Crippen LogP contribution in [0.4, 0.5) is 14.6 Å². The second-order valence-electron chi connectivity index (χ2n) is 6.90. The van der Waals surface area contributed by atoms with Crippen molar-refractivity contribution >= 4 is 35.3 Å². The molecule has 174 valence electrons. The number of aliphatic hydroxyl groups is 1. The van der Waals surface area contributed by atoms with Gasteiger partial charge in [0.2, 0.25) is 0 Å². The van der Waals surface area contributed by atoms with E-state index in [4.69, 9.17) is 9.84 Å². The van der Waals surface area contributed by atoms with Crippen LogP contribution in [-0.2, 0) is 0 Å². The fraction of sp³-hybridized carbons (Fsp3) is 0.227. The third-order valence-electron chi connectivity index (χ3n) is 4.42. The number of ether oxygens (including phenoxy) is 1. The van der Waals surface area contributed by atoms with Gasteiger partial charge in [0.15, 0.2) is 29.9 Å². The van der Waals surface area contributed by atoms with Gasteiger partial charge in [0.25, 0.3) is 0 Å². The molecule has 2 aromatic heterocycles. The Morgan fingerprint density at radius 2 is 2.15 bits per heavy atom. The Labute approximate surface area is 189 Å². The van der Waals surface area contributed by atoms with E-state index in [1.165, 1.54) is 12.1 Å². The molecule has 3 rings (SSSR count). The molecule has 0 unspecified atom stereocenters. The van der Waals surface area contributed by atoms with E-state index in [9.17, 15) is 8.78 Å². The molecule has 11 heteroatoms. The van der Waals surface area contributed by atoms with E-state index in [1.54, 1.807) is 13.0 Å². The number of aromatic amines is 2. The average Bonchev–Trinajstić information content (AvgIpc) is 3.41. The Hall–Kier alpha value is -3.99. The van der Waals surface area contributed by atoms with Crippen molar-refractivity contribution in [1.29, 1.82) is 0 Å². The molecule has 0 radical (unpaired) electrons. The minimum Gasteiger partial charge on any atom is -0.468 e. The number of allylic oxidation sites excluding steroid dienone is 1. The van der Waals surface area contributed by atoms with Crippen LogP contribution in [0, 0.1) is 18.6 Å². The third kappa shape index (κ3) is 6.04. The summed E-state index contributed by atoms with van der Waals surface area (Å²) in [6.45, 7) is 6.86. The Bertz CT molecular complexity index is 1210. The number of amidine groups is 1. The summed E-state index contributed by atoms with van der Waals surface area (Å²) in [4.78, 5) is 10.9. The summed E-state index contributed by atoms with van der Waals surface area (Å²) in [7, 11) is 0. The van der Waals surface area contributed by atoms with Crippen molar-refractivity contribution in [3.05, 3.63) is 59.2 Å². The molecule has 0 saturated heterocycles. The molecule has 0 spiro atoms. The van der Waals surface area contributed by atoms with Crippen molar-refractivity contribution < 1.29 is 18.6 Å². The van der Waals surface area contributed by atoms with Gasteiger partial charge < -0.3 is 25.5 Å². The monoisotopic (exact) mass is 457 g/mol. The lowest BCUT2D eigenvalue weighted by atomic mass is 10.2. The number of fused-ring (bicyclic) bond motifs is 1. The summed E-state index contributed by atoms with van der Waals surface area (Å²) in [5.74, 6) is -0.469. The average molecular weight is 457 g/mol. The topological polar surface area (TPSA) is 123 Å². The van der Waals surface area contributed by atoms with Crippen LogP contribution < -0.4 is 15.4 Å². The highest BCUT2D eigenvalue weighted by molar-refractivity contribution is 5.94. The lowest BCUT2D eigenvalue weighted by molar-refractivity contribution is 0.299. The maximum Gasteiger partial charge on any atom is 0.181 e. The number of aryl methyl sites for hydroxylation is 1. The molecule has 33 heavy (non-hydrogen) atoms. The number of benzene rings is 1. The number of rotatable bonds is 10. The van der Waals surface area contributed by atoms with E-state index in [2.05, 4.69) is 42.5 Å². The van der Waals surface area contributed by atoms with Crippen LogP contribution in [0.25, 0.3) is 17.0 Å². The van der Waals surface area contributed by atoms with Gasteiger partial charge in [-0.15, -0.1) is 0 Å². The maximum absolute atomic E-state index is 14.7. The van der Waals surface area contributed by atoms with Gasteiger partial charge >= 0.3 is 0 Å². The van der Waals surface area contributed by atoms with Crippen LogP contribution in [0.5, 0.6) is 5.75 Å². The van der Waals surface area contributed by atoms with Crippen LogP contribution in [0.1, 0.15) is 18.3 Å². The normalized spacial score (nSPS) is 12.5. The number of aromatic nitrogens is 3. The number of H-pyrrole nitrogens is 2. The third-order valence-corrected chi connectivity index (χ3v) is 4.42. The smallest absolute Gasteiger partial charge is 0.181 e. The van der Waals surface area contributed by atoms with Gasteiger partial charge in [-0.1, -0.05) is 6.08 Å². The van der Waals surface area contributed by atoms with Gasteiger partial charge in [0.1, 0.15) is 11.7 Å². The van der Waals surface area contributed by atoms with Gasteiger partial charge in [-0.05, 0) is 32.7 Å². The highest BCUT2D eigenvalue weighted by Gasteiger charge is 2.15. The molecule has 1 aromatic carbocycles. The van der Waals surface area contributed by atoms with Crippen molar-refractivity contribution in [2.75, 3.05) is 25.2 Å². The predicted molar refractivity (Wildman–Crippen MR) is 126 cm³/mol. The number of nitrogens with zero attached hydrogens (tertiary/aromatic N) is 3. The number of nitrogens with one attached hydrogen (secondary N) is 4. The van der Waals surface area contributed by atoms with Crippen molar-refractivity contribution in [3.8, 4) is 5.75 Å². The largest absolute Gasteiger partial charge is 0.468 e. The zero-order chi connectivity index (χ0) is 23.8. The first-order chi connectivity index (χ1) is 15.9. The maximum atomic E-state index is 14.7. The Morgan fingerprint density at radius 3 is 2.88 bits per heavy atom. The van der Waals surface area contributed by atoms with Gasteiger partial charge in [-0.3, -0.25) is 5.10 Å². The van der Waals surface area contributed by atoms with Gasteiger partial charge in [0.05, 0.1) is 17.8 Å². The van der Waals surface area contributed by atoms with Gasteiger partial charge in [0, 0.05) is 35.8 Å². The second-order valence-corrected chi connectivity index (χ2v) is 6.90. The van der Waals surface area contributed by atoms with Gasteiger partial charge in [-0.25, -0.2) is 18.8 Å². The number of hydrogen-bond donors (Lipinski definition) is 5. The van der Waals surface area contributed by atoms with E-state index in [-0.39, 0.29) is 42.4 Å². The molecular weight excluding hydrogens is 432 g/mol. The molecule has 0 bridgehead atoms. The molecular formula is C22H25F2N7O2. The van der Waals surface area contributed by atoms with E-state index < -0.39 is 11.6 Å². The summed E-state index contributed by atoms with van der Waals surface area (Å²) < 4.78 is 34.3. The van der Waals surface area contributed by atoms with Crippen LogP contribution >= 0.6 is 0 Å². The highest BCUT2D eigenvalue weighted by atomic mass is 19.1. The van der Waals surface area contributed by atoms with Crippen LogP contribution in [0.15, 0.2) is 46.2 Å². The fourth-order valence-corrected chi connectivity index (χ4v) is 2.99. The lowest BCUT2D eigenvalue weighted by Gasteiger charge is -2.09. The number of hydrogen-bond acceptors (Lipinski definition) is 6. The first-order valence-corrected chi connectivity index (χ1v) is 10.1. The minimum absolute atomic E-state index is 0.0813. The van der Waals surface area contributed by atoms with Crippen molar-refractivity contribution in [2.24, 2.45) is 9.98 Å². The van der Waals surface area contributed by atoms with Gasteiger partial charge in [-0.2, -0.15) is 5.10 Å². The van der Waals surface area contributed by atoms with Crippen molar-refractivity contribution in [1.82, 2.24) is 20.5 Å². The van der Waals surface area contributed by atoms with E-state index in [1.807, 2.05) is 19.1 Å². The molecule has 3 aromatic rings. The molecule has 0 aliphatic rings. The van der Waals surface area contributed by atoms with Crippen molar-refractivity contribution in [3.63, 3.8) is 0 Å². The molecule has 9 nitrogen and oxygen atoms in total. The number of aliphatic hydroxyl groups excluding tert-OH is 1. The molecule has 0 aliphatic heterocycles.